The number of aliphatic imine (C=N–C) groups is 1. The Kier molecular flexibility index (Phi) is 4.09. The van der Waals surface area contributed by atoms with Crippen molar-refractivity contribution in [1.82, 2.24) is 10.6 Å². The number of fused-ring (bicyclic) bond motifs is 1. The Hall–Kier alpha value is -0.710. The van der Waals surface area contributed by atoms with Gasteiger partial charge >= 0.3 is 0 Å². The largest absolute Gasteiger partial charge is 0.362 e. The fourth-order valence-electron chi connectivity index (χ4n) is 2.29. The van der Waals surface area contributed by atoms with Crippen LogP contribution < -0.4 is 10.6 Å². The van der Waals surface area contributed by atoms with Crippen LogP contribution in [0.5, 0.6) is 0 Å². The summed E-state index contributed by atoms with van der Waals surface area (Å²) < 4.78 is 0. The van der Waals surface area contributed by atoms with E-state index >= 15 is 0 Å². The Morgan fingerprint density at radius 1 is 1.62 bits per heavy atom. The van der Waals surface area contributed by atoms with Crippen LogP contribution in [0.15, 0.2) is 4.99 Å². The van der Waals surface area contributed by atoms with Crippen molar-refractivity contribution in [3.8, 4) is 0 Å². The maximum atomic E-state index is 10.7. The van der Waals surface area contributed by atoms with Crippen LogP contribution in [0.4, 0.5) is 0 Å². The van der Waals surface area contributed by atoms with Gasteiger partial charge in [-0.15, -0.1) is 0 Å². The van der Waals surface area contributed by atoms with Crippen molar-refractivity contribution >= 4 is 22.8 Å². The summed E-state index contributed by atoms with van der Waals surface area (Å²) in [6, 6.07) is 0.653. The molecule has 2 rings (SSSR count). The molecule has 2 fully saturated rings. The molecule has 2 atom stereocenters. The minimum Gasteiger partial charge on any atom is -0.362 e. The monoisotopic (exact) mass is 241 g/mol. The van der Waals surface area contributed by atoms with Gasteiger partial charge in [-0.2, -0.15) is 0 Å². The summed E-state index contributed by atoms with van der Waals surface area (Å²) >= 11 is 1.82. The standard InChI is InChI=1S/C11H19N3OS/c1-8(15)12-5-6-13-11-14-10-4-2-3-9(10)7-16-11/h9-10H,2-7H2,1H3,(H,12,15)(H,13,14). The molecule has 1 heterocycles. The van der Waals surface area contributed by atoms with Crippen molar-refractivity contribution in [2.75, 3.05) is 18.8 Å². The molecule has 1 saturated heterocycles. The van der Waals surface area contributed by atoms with Crippen molar-refractivity contribution in [1.29, 1.82) is 0 Å². The Morgan fingerprint density at radius 2 is 2.50 bits per heavy atom. The number of hydrogen-bond donors (Lipinski definition) is 2. The molecule has 1 saturated carbocycles. The highest BCUT2D eigenvalue weighted by Gasteiger charge is 2.31. The molecule has 2 N–H and O–H groups in total. The van der Waals surface area contributed by atoms with Crippen molar-refractivity contribution in [3.63, 3.8) is 0 Å². The van der Waals surface area contributed by atoms with E-state index in [1.165, 1.54) is 31.9 Å². The Labute approximate surface area is 101 Å². The zero-order chi connectivity index (χ0) is 11.4. The van der Waals surface area contributed by atoms with Crippen molar-refractivity contribution in [3.05, 3.63) is 0 Å². The summed E-state index contributed by atoms with van der Waals surface area (Å²) in [6.07, 6.45) is 4.00. The third-order valence-electron chi connectivity index (χ3n) is 3.14. The molecular weight excluding hydrogens is 222 g/mol. The van der Waals surface area contributed by atoms with E-state index in [9.17, 15) is 4.79 Å². The third kappa shape index (κ3) is 3.14. The molecule has 0 aromatic carbocycles. The molecular formula is C11H19N3OS. The second-order valence-electron chi connectivity index (χ2n) is 4.42. The van der Waals surface area contributed by atoms with Crippen LogP contribution in [0.1, 0.15) is 26.2 Å². The van der Waals surface area contributed by atoms with Gasteiger partial charge in [-0.3, -0.25) is 9.79 Å². The molecule has 1 amide bonds. The van der Waals surface area contributed by atoms with E-state index in [1.807, 2.05) is 11.8 Å². The quantitative estimate of drug-likeness (QED) is 0.724. The highest BCUT2D eigenvalue weighted by Crippen LogP contribution is 2.32. The molecule has 2 unspecified atom stereocenters. The number of rotatable bonds is 3. The number of carbonyl (C=O) groups excluding carboxylic acids is 1. The Balaban J connectivity index is 1.73. The minimum atomic E-state index is 0.0142. The van der Waals surface area contributed by atoms with Crippen LogP contribution in [-0.4, -0.2) is 36.0 Å². The maximum Gasteiger partial charge on any atom is 0.216 e. The van der Waals surface area contributed by atoms with Gasteiger partial charge in [0.05, 0.1) is 6.54 Å². The van der Waals surface area contributed by atoms with Crippen LogP contribution in [0.3, 0.4) is 0 Å². The first-order valence-corrected chi connectivity index (χ1v) is 6.92. The van der Waals surface area contributed by atoms with Crippen LogP contribution in [0.2, 0.25) is 0 Å². The normalized spacial score (nSPS) is 30.9. The molecule has 16 heavy (non-hydrogen) atoms. The Morgan fingerprint density at radius 3 is 3.31 bits per heavy atom. The number of carbonyl (C=O) groups is 1. The SMILES string of the molecule is CC(=O)NCCN=C1NC2CCCC2CS1. The molecule has 0 radical (unpaired) electrons. The minimum absolute atomic E-state index is 0.0142. The first-order chi connectivity index (χ1) is 7.75. The molecule has 0 aromatic heterocycles. The number of thioether (sulfide) groups is 1. The molecule has 90 valence electrons. The number of amidine groups is 1. The van der Waals surface area contributed by atoms with Gasteiger partial charge in [0.25, 0.3) is 0 Å². The topological polar surface area (TPSA) is 53.5 Å². The van der Waals surface area contributed by atoms with E-state index in [1.54, 1.807) is 0 Å². The number of hydrogen-bond acceptors (Lipinski definition) is 3. The lowest BCUT2D eigenvalue weighted by molar-refractivity contribution is -0.118. The van der Waals surface area contributed by atoms with Gasteiger partial charge in [0, 0.05) is 25.3 Å². The highest BCUT2D eigenvalue weighted by atomic mass is 32.2. The van der Waals surface area contributed by atoms with Crippen LogP contribution in [0.25, 0.3) is 0 Å². The number of nitrogens with zero attached hydrogens (tertiary/aromatic N) is 1. The fourth-order valence-corrected chi connectivity index (χ4v) is 3.48. The summed E-state index contributed by atoms with van der Waals surface area (Å²) in [5.74, 6) is 2.07. The molecule has 5 heteroatoms. The molecule has 1 aliphatic carbocycles. The summed E-state index contributed by atoms with van der Waals surface area (Å²) in [5, 5.41) is 7.32. The van der Waals surface area contributed by atoms with Gasteiger partial charge in [0.15, 0.2) is 5.17 Å². The highest BCUT2D eigenvalue weighted by molar-refractivity contribution is 8.13. The molecule has 1 aliphatic heterocycles. The summed E-state index contributed by atoms with van der Waals surface area (Å²) in [5.41, 5.74) is 0. The van der Waals surface area contributed by atoms with Gasteiger partial charge in [0.1, 0.15) is 0 Å². The summed E-state index contributed by atoms with van der Waals surface area (Å²) in [7, 11) is 0. The predicted molar refractivity (Wildman–Crippen MR) is 67.7 cm³/mol. The second-order valence-corrected chi connectivity index (χ2v) is 5.43. The van der Waals surface area contributed by atoms with E-state index in [4.69, 9.17) is 0 Å². The zero-order valence-corrected chi connectivity index (χ0v) is 10.5. The molecule has 2 aliphatic rings. The fraction of sp³-hybridized carbons (Fsp3) is 0.818. The summed E-state index contributed by atoms with van der Waals surface area (Å²) in [4.78, 5) is 15.1. The van der Waals surface area contributed by atoms with Gasteiger partial charge in [-0.1, -0.05) is 18.2 Å². The van der Waals surface area contributed by atoms with Crippen molar-refractivity contribution in [2.45, 2.75) is 32.2 Å². The van der Waals surface area contributed by atoms with E-state index in [0.717, 1.165) is 11.1 Å². The number of amides is 1. The van der Waals surface area contributed by atoms with Crippen molar-refractivity contribution in [2.24, 2.45) is 10.9 Å². The average Bonchev–Trinajstić information content (AvgIpc) is 2.71. The van der Waals surface area contributed by atoms with Crippen LogP contribution in [0, 0.1) is 5.92 Å². The van der Waals surface area contributed by atoms with E-state index in [0.29, 0.717) is 19.1 Å². The maximum absolute atomic E-state index is 10.7. The molecule has 4 nitrogen and oxygen atoms in total. The lowest BCUT2D eigenvalue weighted by Crippen LogP contribution is -2.41. The summed E-state index contributed by atoms with van der Waals surface area (Å²) in [6.45, 7) is 2.84. The van der Waals surface area contributed by atoms with Crippen molar-refractivity contribution < 1.29 is 4.79 Å². The van der Waals surface area contributed by atoms with Gasteiger partial charge in [-0.05, 0) is 18.8 Å². The Bertz CT molecular complexity index is 293. The third-order valence-corrected chi connectivity index (χ3v) is 4.26. The van der Waals surface area contributed by atoms with Gasteiger partial charge < -0.3 is 10.6 Å². The predicted octanol–water partition coefficient (Wildman–Crippen LogP) is 0.984. The lowest BCUT2D eigenvalue weighted by atomic mass is 10.1. The zero-order valence-electron chi connectivity index (χ0n) is 9.66. The molecule has 0 spiro atoms. The van der Waals surface area contributed by atoms with E-state index in [2.05, 4.69) is 15.6 Å². The first kappa shape index (κ1) is 11.8. The van der Waals surface area contributed by atoms with Crippen LogP contribution in [-0.2, 0) is 4.79 Å². The first-order valence-electron chi connectivity index (χ1n) is 5.94. The smallest absolute Gasteiger partial charge is 0.216 e. The van der Waals surface area contributed by atoms with Gasteiger partial charge in [0.2, 0.25) is 5.91 Å². The molecule has 0 aromatic rings. The van der Waals surface area contributed by atoms with Gasteiger partial charge in [-0.25, -0.2) is 0 Å². The average molecular weight is 241 g/mol. The number of nitrogens with one attached hydrogen (secondary N) is 2. The van der Waals surface area contributed by atoms with E-state index < -0.39 is 0 Å². The van der Waals surface area contributed by atoms with E-state index in [-0.39, 0.29) is 5.91 Å². The lowest BCUT2D eigenvalue weighted by Gasteiger charge is -2.28. The molecule has 0 bridgehead atoms. The van der Waals surface area contributed by atoms with Crippen LogP contribution >= 0.6 is 11.8 Å². The second kappa shape index (κ2) is 5.57.